The van der Waals surface area contributed by atoms with E-state index in [4.69, 9.17) is 0 Å². The molecule has 0 nitrogen and oxygen atoms in total. The van der Waals surface area contributed by atoms with Crippen molar-refractivity contribution in [1.29, 1.82) is 0 Å². The molecule has 0 aliphatic rings. The van der Waals surface area contributed by atoms with Crippen molar-refractivity contribution in [2.75, 3.05) is 0 Å². The maximum atomic E-state index is 0. The van der Waals surface area contributed by atoms with Crippen LogP contribution in [0, 0.1) is 0 Å². The molecule has 0 saturated heterocycles. The second-order valence-corrected chi connectivity index (χ2v) is 0. The Morgan fingerprint density at radius 1 is 1.00 bits per heavy atom. The third-order valence-corrected chi connectivity index (χ3v) is 0. The minimum Gasteiger partial charge on any atom is 0 e. The van der Waals surface area contributed by atoms with E-state index in [-0.39, 0.29) is 79.5 Å². The quantitative estimate of drug-likeness (QED) is 0.352. The first kappa shape index (κ1) is 31.1. The number of rotatable bonds is 0. The molecule has 4 heavy (non-hydrogen) atoms. The van der Waals surface area contributed by atoms with Crippen LogP contribution in [0.15, 0.2) is 0 Å². The summed E-state index contributed by atoms with van der Waals surface area (Å²) in [6.07, 6.45) is 0. The molecule has 0 spiro atoms. The summed E-state index contributed by atoms with van der Waals surface area (Å²) in [4.78, 5) is 0. The fourth-order valence-electron chi connectivity index (χ4n) is 0. The third kappa shape index (κ3) is 8.82. The van der Waals surface area contributed by atoms with Gasteiger partial charge in [-0.25, -0.2) is 0 Å². The average molecular weight is 156 g/mol. The van der Waals surface area contributed by atoms with Gasteiger partial charge in [-0.05, 0) is 0 Å². The predicted octanol–water partition coefficient (Wildman–Crippen LogP) is -2.11. The summed E-state index contributed by atoms with van der Waals surface area (Å²) in [6, 6.07) is 0. The molecule has 0 saturated carbocycles. The Morgan fingerprint density at radius 2 is 1.00 bits per heavy atom. The zero-order chi connectivity index (χ0) is 0. The molecular weight excluding hydrogens is 151 g/mol. The second kappa shape index (κ2) is 17.7. The van der Waals surface area contributed by atoms with E-state index in [2.05, 4.69) is 0 Å². The van der Waals surface area contributed by atoms with E-state index in [1.165, 1.54) is 0 Å². The summed E-state index contributed by atoms with van der Waals surface area (Å²) >= 11 is 0. The predicted molar refractivity (Wildman–Crippen MR) is 18.5 cm³/mol. The van der Waals surface area contributed by atoms with Crippen molar-refractivity contribution in [3.63, 3.8) is 0 Å². The van der Waals surface area contributed by atoms with Crippen molar-refractivity contribution < 1.29 is 39.1 Å². The number of hydrogen-bond acceptors (Lipinski definition) is 0. The summed E-state index contributed by atoms with van der Waals surface area (Å²) in [7, 11) is 0. The Balaban J connectivity index is 0. The van der Waals surface area contributed by atoms with Gasteiger partial charge in [0.25, 0.3) is 0 Å². The van der Waals surface area contributed by atoms with Crippen LogP contribution in [0.4, 0.5) is 0 Å². The largest absolute Gasteiger partial charge is 0.316 e. The van der Waals surface area contributed by atoms with Crippen molar-refractivity contribution in [2.45, 2.75) is 0 Å². The van der Waals surface area contributed by atoms with Gasteiger partial charge in [0.05, 0.1) is 0 Å². The first-order valence-electron chi connectivity index (χ1n) is 0. The SMILES string of the molecule is [AlH3].[Cr].[MgH2].[Ti]. The van der Waals surface area contributed by atoms with Crippen molar-refractivity contribution >= 4 is 40.4 Å². The molecule has 4 heteroatoms. The molecular formula is H5AlCrMgTi. The molecule has 0 bridgehead atoms. The van der Waals surface area contributed by atoms with E-state index in [1.807, 2.05) is 0 Å². The minimum absolute atomic E-state index is 0. The van der Waals surface area contributed by atoms with Gasteiger partial charge >= 0.3 is 23.1 Å². The van der Waals surface area contributed by atoms with E-state index in [1.54, 1.807) is 0 Å². The molecule has 0 aromatic heterocycles. The topological polar surface area (TPSA) is 0 Å². The summed E-state index contributed by atoms with van der Waals surface area (Å²) in [5.41, 5.74) is 0. The van der Waals surface area contributed by atoms with Crippen molar-refractivity contribution in [2.24, 2.45) is 0 Å². The first-order chi connectivity index (χ1) is 0. The minimum atomic E-state index is 0. The molecule has 0 rings (SSSR count). The van der Waals surface area contributed by atoms with E-state index in [9.17, 15) is 0 Å². The Labute approximate surface area is 78.4 Å². The van der Waals surface area contributed by atoms with Crippen LogP contribution in [-0.4, -0.2) is 40.4 Å². The van der Waals surface area contributed by atoms with Gasteiger partial charge in [0.1, 0.15) is 0 Å². The Kier molecular flexibility index (Phi) is 137. The van der Waals surface area contributed by atoms with Crippen molar-refractivity contribution in [3.8, 4) is 0 Å². The zero-order valence-corrected chi connectivity index (χ0v) is 3.74. The molecule has 0 aromatic rings. The normalized spacial score (nSPS) is 0. The van der Waals surface area contributed by atoms with Gasteiger partial charge in [0.15, 0.2) is 17.4 Å². The van der Waals surface area contributed by atoms with Crippen LogP contribution in [0.3, 0.4) is 0 Å². The van der Waals surface area contributed by atoms with Gasteiger partial charge in [-0.3, -0.25) is 0 Å². The van der Waals surface area contributed by atoms with Crippen LogP contribution >= 0.6 is 0 Å². The van der Waals surface area contributed by atoms with E-state index < -0.39 is 0 Å². The molecule has 0 amide bonds. The van der Waals surface area contributed by atoms with Gasteiger partial charge in [0.2, 0.25) is 0 Å². The van der Waals surface area contributed by atoms with Crippen molar-refractivity contribution in [3.05, 3.63) is 0 Å². The standard InChI is InChI=1S/Al.Cr.Mg.Ti.5H. The van der Waals surface area contributed by atoms with Crippen molar-refractivity contribution in [1.82, 2.24) is 0 Å². The molecule has 0 heterocycles. The van der Waals surface area contributed by atoms with Crippen LogP contribution in [0.2, 0.25) is 0 Å². The van der Waals surface area contributed by atoms with Crippen LogP contribution < -0.4 is 0 Å². The molecule has 0 radical (unpaired) electrons. The van der Waals surface area contributed by atoms with Gasteiger partial charge in [0, 0.05) is 39.1 Å². The third-order valence-electron chi connectivity index (χ3n) is 0. The van der Waals surface area contributed by atoms with Crippen LogP contribution in [0.1, 0.15) is 0 Å². The summed E-state index contributed by atoms with van der Waals surface area (Å²) < 4.78 is 0. The first-order valence-corrected chi connectivity index (χ1v) is 0. The van der Waals surface area contributed by atoms with Gasteiger partial charge in [-0.1, -0.05) is 0 Å². The average Bonchev–Trinajstić information content (AvgIpc) is 0. The fraction of sp³-hybridized carbons (Fsp3) is 0. The molecule has 0 aliphatic heterocycles. The second-order valence-electron chi connectivity index (χ2n) is 0. The maximum Gasteiger partial charge on any atom is 0.316 e. The molecule has 20 valence electrons. The Hall–Kier alpha value is 2.55. The summed E-state index contributed by atoms with van der Waals surface area (Å²) in [5.74, 6) is 0. The van der Waals surface area contributed by atoms with E-state index in [0.29, 0.717) is 0 Å². The van der Waals surface area contributed by atoms with Gasteiger partial charge < -0.3 is 0 Å². The van der Waals surface area contributed by atoms with Crippen LogP contribution in [-0.2, 0) is 39.1 Å². The zero-order valence-electron chi connectivity index (χ0n) is 0.908. The summed E-state index contributed by atoms with van der Waals surface area (Å²) in [5, 5.41) is 0. The van der Waals surface area contributed by atoms with E-state index >= 15 is 0 Å². The molecule has 0 atom stereocenters. The molecule has 0 aromatic carbocycles. The number of hydrogen-bond donors (Lipinski definition) is 0. The molecule has 0 unspecified atom stereocenters. The van der Waals surface area contributed by atoms with Crippen LogP contribution in [0.25, 0.3) is 0 Å². The van der Waals surface area contributed by atoms with Crippen LogP contribution in [0.5, 0.6) is 0 Å². The summed E-state index contributed by atoms with van der Waals surface area (Å²) in [6.45, 7) is 0. The molecule has 0 N–H and O–H groups in total. The van der Waals surface area contributed by atoms with Gasteiger partial charge in [-0.2, -0.15) is 0 Å². The Morgan fingerprint density at radius 3 is 1.00 bits per heavy atom. The monoisotopic (exact) mass is 156 g/mol. The smallest absolute Gasteiger partial charge is 0 e. The molecule has 0 aliphatic carbocycles. The maximum absolute atomic E-state index is 0. The van der Waals surface area contributed by atoms with Gasteiger partial charge in [-0.15, -0.1) is 0 Å². The molecule has 0 fully saturated rings. The Bertz CT molecular complexity index is 8.00. The van der Waals surface area contributed by atoms with E-state index in [0.717, 1.165) is 0 Å². The fourth-order valence-corrected chi connectivity index (χ4v) is 0.